The Balaban J connectivity index is 2.78. The third kappa shape index (κ3) is 3.57. The molecule has 0 aromatic carbocycles. The van der Waals surface area contributed by atoms with Gasteiger partial charge in [-0.05, 0) is 41.6 Å². The van der Waals surface area contributed by atoms with Gasteiger partial charge in [0.05, 0.1) is 12.6 Å². The Labute approximate surface area is 111 Å². The highest BCUT2D eigenvalue weighted by molar-refractivity contribution is 9.10. The molecule has 0 spiro atoms. The van der Waals surface area contributed by atoms with Crippen LogP contribution in [0, 0.1) is 0 Å². The van der Waals surface area contributed by atoms with Gasteiger partial charge in [0, 0.05) is 0 Å². The number of unbranched alkanes of at least 4 members (excludes halogenated alkanes) is 1. The number of halogens is 1. The summed E-state index contributed by atoms with van der Waals surface area (Å²) in [5.74, 6) is 1.23. The van der Waals surface area contributed by atoms with Crippen LogP contribution < -0.4 is 4.74 Å². The van der Waals surface area contributed by atoms with Crippen LogP contribution in [-0.2, 0) is 0 Å². The van der Waals surface area contributed by atoms with Crippen LogP contribution in [-0.4, -0.2) is 30.8 Å². The highest BCUT2D eigenvalue weighted by Crippen LogP contribution is 2.34. The maximum atomic E-state index is 5.53. The molecule has 0 bridgehead atoms. The smallest absolute Gasteiger partial charge is 0.268 e. The fraction of sp³-hybridized carbons (Fsp3) is 0.583. The molecule has 17 heavy (non-hydrogen) atoms. The third-order valence-electron chi connectivity index (χ3n) is 2.42. The number of rotatable bonds is 7. The Bertz CT molecular complexity index is 363. The van der Waals surface area contributed by atoms with Crippen molar-refractivity contribution in [2.24, 2.45) is 0 Å². The van der Waals surface area contributed by atoms with Crippen LogP contribution in [0.2, 0.25) is 0 Å². The van der Waals surface area contributed by atoms with Crippen LogP contribution in [0.5, 0.6) is 5.88 Å². The molecule has 0 aliphatic rings. The predicted molar refractivity (Wildman–Crippen MR) is 71.2 cm³/mol. The fourth-order valence-corrected chi connectivity index (χ4v) is 1.91. The Kier molecular flexibility index (Phi) is 5.71. The molecule has 0 fully saturated rings. The van der Waals surface area contributed by atoms with Crippen molar-refractivity contribution in [2.45, 2.75) is 25.8 Å². The molecular weight excluding hydrogens is 284 g/mol. The summed E-state index contributed by atoms with van der Waals surface area (Å²) in [6, 6.07) is -0.0135. The Morgan fingerprint density at radius 2 is 2.29 bits per heavy atom. The first kappa shape index (κ1) is 14.3. The molecule has 0 N–H and O–H groups in total. The van der Waals surface area contributed by atoms with Crippen LogP contribution >= 0.6 is 15.9 Å². The molecule has 0 aliphatic heterocycles. The van der Waals surface area contributed by atoms with Crippen LogP contribution in [0.4, 0.5) is 0 Å². The monoisotopic (exact) mass is 302 g/mol. The minimum absolute atomic E-state index is 0.0135. The lowest BCUT2D eigenvalue weighted by atomic mass is 10.2. The number of ether oxygens (including phenoxy) is 1. The van der Waals surface area contributed by atoms with Crippen molar-refractivity contribution in [3.63, 3.8) is 0 Å². The summed E-state index contributed by atoms with van der Waals surface area (Å²) in [7, 11) is 3.91. The van der Waals surface area contributed by atoms with Gasteiger partial charge in [-0.1, -0.05) is 19.4 Å². The average Bonchev–Trinajstić information content (AvgIpc) is 2.63. The Morgan fingerprint density at radius 3 is 2.82 bits per heavy atom. The zero-order valence-electron chi connectivity index (χ0n) is 10.6. The van der Waals surface area contributed by atoms with Gasteiger partial charge in [0.25, 0.3) is 5.88 Å². The summed E-state index contributed by atoms with van der Waals surface area (Å²) >= 11 is 3.46. The SMILES string of the molecule is C=C[C@H](c1onc(OCCCC)c1Br)N(C)C. The molecule has 1 heterocycles. The summed E-state index contributed by atoms with van der Waals surface area (Å²) in [5.41, 5.74) is 0. The van der Waals surface area contributed by atoms with Gasteiger partial charge in [-0.15, -0.1) is 6.58 Å². The van der Waals surface area contributed by atoms with E-state index in [9.17, 15) is 0 Å². The van der Waals surface area contributed by atoms with E-state index in [1.54, 1.807) is 6.08 Å². The molecule has 96 valence electrons. The zero-order valence-corrected chi connectivity index (χ0v) is 12.2. The Hall–Kier alpha value is -0.810. The number of hydrogen-bond acceptors (Lipinski definition) is 4. The zero-order chi connectivity index (χ0) is 12.8. The Morgan fingerprint density at radius 1 is 1.59 bits per heavy atom. The van der Waals surface area contributed by atoms with Gasteiger partial charge in [0.2, 0.25) is 0 Å². The standard InChI is InChI=1S/C12H19BrN2O2/c1-5-7-8-16-12-10(13)11(17-14-12)9(6-2)15(3)4/h6,9H,2,5,7-8H2,1,3-4H3/t9-/m1/s1. The summed E-state index contributed by atoms with van der Waals surface area (Å²) in [5, 5.41) is 3.92. The molecule has 0 saturated carbocycles. The van der Waals surface area contributed by atoms with Crippen molar-refractivity contribution >= 4 is 15.9 Å². The second kappa shape index (κ2) is 6.81. The molecule has 1 atom stereocenters. The summed E-state index contributed by atoms with van der Waals surface area (Å²) in [4.78, 5) is 1.99. The summed E-state index contributed by atoms with van der Waals surface area (Å²) in [6.45, 7) is 6.57. The van der Waals surface area contributed by atoms with E-state index in [0.717, 1.165) is 23.1 Å². The van der Waals surface area contributed by atoms with Crippen LogP contribution in [0.1, 0.15) is 31.6 Å². The van der Waals surface area contributed by atoms with E-state index >= 15 is 0 Å². The molecule has 1 aromatic heterocycles. The van der Waals surface area contributed by atoms with E-state index in [2.05, 4.69) is 34.6 Å². The molecule has 1 rings (SSSR count). The lowest BCUT2D eigenvalue weighted by Gasteiger charge is -2.17. The lowest BCUT2D eigenvalue weighted by Crippen LogP contribution is -2.17. The topological polar surface area (TPSA) is 38.5 Å². The fourth-order valence-electron chi connectivity index (χ4n) is 1.42. The number of nitrogens with zero attached hydrogens (tertiary/aromatic N) is 2. The van der Waals surface area contributed by atoms with Crippen molar-refractivity contribution in [3.8, 4) is 5.88 Å². The largest absolute Gasteiger partial charge is 0.475 e. The minimum Gasteiger partial charge on any atom is -0.475 e. The van der Waals surface area contributed by atoms with Crippen LogP contribution in [0.25, 0.3) is 0 Å². The maximum absolute atomic E-state index is 5.53. The minimum atomic E-state index is -0.0135. The quantitative estimate of drug-likeness (QED) is 0.571. The van der Waals surface area contributed by atoms with Crippen molar-refractivity contribution in [1.29, 1.82) is 0 Å². The molecule has 0 saturated heterocycles. The van der Waals surface area contributed by atoms with Gasteiger partial charge >= 0.3 is 0 Å². The van der Waals surface area contributed by atoms with E-state index in [-0.39, 0.29) is 6.04 Å². The molecule has 0 unspecified atom stereocenters. The van der Waals surface area contributed by atoms with Gasteiger partial charge in [-0.25, -0.2) is 0 Å². The first-order valence-electron chi connectivity index (χ1n) is 5.68. The van der Waals surface area contributed by atoms with E-state index < -0.39 is 0 Å². The molecule has 5 heteroatoms. The second-order valence-corrected chi connectivity index (χ2v) is 4.81. The van der Waals surface area contributed by atoms with Crippen molar-refractivity contribution in [2.75, 3.05) is 20.7 Å². The third-order valence-corrected chi connectivity index (χ3v) is 3.15. The average molecular weight is 303 g/mol. The summed E-state index contributed by atoms with van der Waals surface area (Å²) in [6.07, 6.45) is 3.91. The maximum Gasteiger partial charge on any atom is 0.268 e. The first-order valence-corrected chi connectivity index (χ1v) is 6.48. The number of aromatic nitrogens is 1. The predicted octanol–water partition coefficient (Wildman–Crippen LogP) is 3.40. The van der Waals surface area contributed by atoms with Gasteiger partial charge in [0.15, 0.2) is 5.76 Å². The summed E-state index contributed by atoms with van der Waals surface area (Å²) < 4.78 is 11.6. The number of likely N-dealkylation sites (N-methyl/N-ethyl adjacent to an activating group) is 1. The van der Waals surface area contributed by atoms with E-state index in [1.165, 1.54) is 0 Å². The van der Waals surface area contributed by atoms with Crippen molar-refractivity contribution < 1.29 is 9.26 Å². The molecule has 0 aliphatic carbocycles. The van der Waals surface area contributed by atoms with E-state index in [4.69, 9.17) is 9.26 Å². The van der Waals surface area contributed by atoms with Crippen molar-refractivity contribution in [1.82, 2.24) is 10.1 Å². The molecule has 0 radical (unpaired) electrons. The lowest BCUT2D eigenvalue weighted by molar-refractivity contribution is 0.250. The molecule has 1 aromatic rings. The van der Waals surface area contributed by atoms with Crippen molar-refractivity contribution in [3.05, 3.63) is 22.9 Å². The molecule has 4 nitrogen and oxygen atoms in total. The molecule has 0 amide bonds. The second-order valence-electron chi connectivity index (χ2n) is 4.01. The van der Waals surface area contributed by atoms with Gasteiger partial charge in [-0.2, -0.15) is 0 Å². The van der Waals surface area contributed by atoms with E-state index in [1.807, 2.05) is 19.0 Å². The van der Waals surface area contributed by atoms with E-state index in [0.29, 0.717) is 12.5 Å². The van der Waals surface area contributed by atoms with Crippen LogP contribution in [0.3, 0.4) is 0 Å². The first-order chi connectivity index (χ1) is 8.11. The van der Waals surface area contributed by atoms with Gasteiger partial charge in [0.1, 0.15) is 4.47 Å². The van der Waals surface area contributed by atoms with Crippen LogP contribution in [0.15, 0.2) is 21.7 Å². The van der Waals surface area contributed by atoms with Gasteiger partial charge < -0.3 is 9.26 Å². The van der Waals surface area contributed by atoms with Gasteiger partial charge in [-0.3, -0.25) is 4.90 Å². The highest BCUT2D eigenvalue weighted by atomic mass is 79.9. The highest BCUT2D eigenvalue weighted by Gasteiger charge is 2.22. The number of hydrogen-bond donors (Lipinski definition) is 0. The normalized spacial score (nSPS) is 12.8. The molecular formula is C12H19BrN2O2.